The summed E-state index contributed by atoms with van der Waals surface area (Å²) < 4.78 is 0. The number of nitrogens with one attached hydrogen (secondary N) is 2. The molecule has 0 radical (unpaired) electrons. The zero-order valence-electron chi connectivity index (χ0n) is 14.0. The van der Waals surface area contributed by atoms with Crippen LogP contribution in [0.15, 0.2) is 29.2 Å². The molecule has 1 aromatic rings. The van der Waals surface area contributed by atoms with E-state index in [0.29, 0.717) is 6.42 Å². The molecule has 1 rings (SSSR count). The van der Waals surface area contributed by atoms with Gasteiger partial charge in [-0.1, -0.05) is 44.7 Å². The maximum atomic E-state index is 11.8. The third kappa shape index (κ3) is 7.81. The molecule has 0 heterocycles. The van der Waals surface area contributed by atoms with Gasteiger partial charge in [0.05, 0.1) is 5.25 Å². The lowest BCUT2D eigenvalue weighted by Gasteiger charge is -2.14. The second-order valence-electron chi connectivity index (χ2n) is 5.61. The second-order valence-corrected chi connectivity index (χ2v) is 6.89. The van der Waals surface area contributed by atoms with Crippen LogP contribution in [0.3, 0.4) is 0 Å². The van der Waals surface area contributed by atoms with E-state index in [2.05, 4.69) is 6.92 Å². The van der Waals surface area contributed by atoms with Gasteiger partial charge in [0.25, 0.3) is 5.91 Å². The first-order valence-electron chi connectivity index (χ1n) is 8.23. The molecular formula is C17H26N2O4S. The van der Waals surface area contributed by atoms with Gasteiger partial charge in [0.15, 0.2) is 0 Å². The van der Waals surface area contributed by atoms with Crippen LogP contribution in [0.4, 0.5) is 0 Å². The molecule has 0 aliphatic heterocycles. The summed E-state index contributed by atoms with van der Waals surface area (Å²) >= 11 is 1.43. The van der Waals surface area contributed by atoms with E-state index in [0.717, 1.165) is 42.6 Å². The molecule has 134 valence electrons. The van der Waals surface area contributed by atoms with Crippen LogP contribution in [0, 0.1) is 0 Å². The summed E-state index contributed by atoms with van der Waals surface area (Å²) in [5, 5.41) is 17.1. The van der Waals surface area contributed by atoms with E-state index in [4.69, 9.17) is 10.4 Å². The van der Waals surface area contributed by atoms with Crippen molar-refractivity contribution < 1.29 is 20.0 Å². The number of carbonyl (C=O) groups is 2. The van der Waals surface area contributed by atoms with Crippen molar-refractivity contribution in [1.29, 1.82) is 0 Å². The minimum atomic E-state index is -0.416. The van der Waals surface area contributed by atoms with Crippen LogP contribution in [0.25, 0.3) is 0 Å². The quantitative estimate of drug-likeness (QED) is 0.212. The number of carbonyl (C=O) groups excluding carboxylic acids is 2. The topological polar surface area (TPSA) is 98.7 Å². The highest BCUT2D eigenvalue weighted by Gasteiger charge is 2.19. The standard InChI is InChI=1S/C17H26N2O4S/c1-2-3-4-5-6-15(17(21)19-23)24-14-10-7-13(8-11-14)9-12-16(20)18-22/h7-8,10-11,15,22-23H,2-6,9,12H2,1H3,(H,18,20)(H,19,21). The average molecular weight is 354 g/mol. The highest BCUT2D eigenvalue weighted by Crippen LogP contribution is 2.27. The Hall–Kier alpha value is -1.57. The molecule has 0 saturated carbocycles. The lowest BCUT2D eigenvalue weighted by Crippen LogP contribution is -2.30. The normalized spacial score (nSPS) is 11.8. The molecule has 1 aromatic carbocycles. The summed E-state index contributed by atoms with van der Waals surface area (Å²) in [6.07, 6.45) is 5.79. The Morgan fingerprint density at radius 2 is 1.79 bits per heavy atom. The van der Waals surface area contributed by atoms with Gasteiger partial charge in [-0.25, -0.2) is 11.0 Å². The van der Waals surface area contributed by atoms with Gasteiger partial charge < -0.3 is 0 Å². The molecule has 0 aliphatic carbocycles. The van der Waals surface area contributed by atoms with Crippen molar-refractivity contribution >= 4 is 23.6 Å². The number of benzene rings is 1. The van der Waals surface area contributed by atoms with E-state index < -0.39 is 5.91 Å². The van der Waals surface area contributed by atoms with Gasteiger partial charge in [-0.05, 0) is 30.5 Å². The monoisotopic (exact) mass is 354 g/mol. The fourth-order valence-electron chi connectivity index (χ4n) is 2.28. The number of amides is 2. The molecule has 0 aliphatic rings. The SMILES string of the molecule is CCCCCCC(Sc1ccc(CCC(=O)NO)cc1)C(=O)NO. The first-order chi connectivity index (χ1) is 11.6. The number of aryl methyl sites for hydroxylation is 1. The Morgan fingerprint density at radius 1 is 1.08 bits per heavy atom. The van der Waals surface area contributed by atoms with Crippen LogP contribution in [-0.2, 0) is 16.0 Å². The number of hydrogen-bond acceptors (Lipinski definition) is 5. The van der Waals surface area contributed by atoms with Crippen molar-refractivity contribution in [3.8, 4) is 0 Å². The highest BCUT2D eigenvalue weighted by molar-refractivity contribution is 8.00. The van der Waals surface area contributed by atoms with Crippen molar-refractivity contribution in [2.75, 3.05) is 0 Å². The smallest absolute Gasteiger partial charge is 0.256 e. The Balaban J connectivity index is 2.55. The summed E-state index contributed by atoms with van der Waals surface area (Å²) in [6, 6.07) is 7.61. The van der Waals surface area contributed by atoms with Crippen molar-refractivity contribution in [2.24, 2.45) is 0 Å². The van der Waals surface area contributed by atoms with Gasteiger partial charge >= 0.3 is 0 Å². The van der Waals surface area contributed by atoms with E-state index in [1.165, 1.54) is 11.8 Å². The van der Waals surface area contributed by atoms with Crippen molar-refractivity contribution in [2.45, 2.75) is 62.0 Å². The summed E-state index contributed by atoms with van der Waals surface area (Å²) in [6.45, 7) is 2.14. The summed E-state index contributed by atoms with van der Waals surface area (Å²) in [7, 11) is 0. The van der Waals surface area contributed by atoms with E-state index in [1.807, 2.05) is 24.3 Å². The largest absolute Gasteiger partial charge is 0.289 e. The molecule has 0 spiro atoms. The minimum Gasteiger partial charge on any atom is -0.289 e. The lowest BCUT2D eigenvalue weighted by atomic mass is 10.1. The van der Waals surface area contributed by atoms with Crippen LogP contribution in [0.1, 0.15) is 51.0 Å². The summed E-state index contributed by atoms with van der Waals surface area (Å²) in [4.78, 5) is 23.8. The molecular weight excluding hydrogens is 328 g/mol. The van der Waals surface area contributed by atoms with E-state index in [-0.39, 0.29) is 17.6 Å². The molecule has 0 fully saturated rings. The molecule has 7 heteroatoms. The van der Waals surface area contributed by atoms with Gasteiger partial charge in [-0.2, -0.15) is 0 Å². The number of thioether (sulfide) groups is 1. The second kappa shape index (κ2) is 11.9. The molecule has 1 unspecified atom stereocenters. The maximum Gasteiger partial charge on any atom is 0.256 e. The Morgan fingerprint density at radius 3 is 2.38 bits per heavy atom. The van der Waals surface area contributed by atoms with Gasteiger partial charge in [0, 0.05) is 11.3 Å². The van der Waals surface area contributed by atoms with Gasteiger partial charge in [-0.3, -0.25) is 20.0 Å². The van der Waals surface area contributed by atoms with E-state index in [1.54, 1.807) is 11.0 Å². The van der Waals surface area contributed by atoms with Crippen molar-refractivity contribution in [3.63, 3.8) is 0 Å². The van der Waals surface area contributed by atoms with Gasteiger partial charge in [-0.15, -0.1) is 11.8 Å². The molecule has 0 saturated heterocycles. The predicted octanol–water partition coefficient (Wildman–Crippen LogP) is 3.06. The van der Waals surface area contributed by atoms with Crippen molar-refractivity contribution in [1.82, 2.24) is 11.0 Å². The lowest BCUT2D eigenvalue weighted by molar-refractivity contribution is -0.129. The number of hydrogen-bond donors (Lipinski definition) is 4. The van der Waals surface area contributed by atoms with E-state index in [9.17, 15) is 9.59 Å². The number of unbranched alkanes of at least 4 members (excludes halogenated alkanes) is 3. The van der Waals surface area contributed by atoms with Crippen LogP contribution in [0.5, 0.6) is 0 Å². The fourth-order valence-corrected chi connectivity index (χ4v) is 3.35. The predicted molar refractivity (Wildman–Crippen MR) is 93.0 cm³/mol. The number of rotatable bonds is 11. The molecule has 0 bridgehead atoms. The van der Waals surface area contributed by atoms with Gasteiger partial charge in [0.1, 0.15) is 0 Å². The Kier molecular flexibility index (Phi) is 10.1. The zero-order chi connectivity index (χ0) is 17.8. The zero-order valence-corrected chi connectivity index (χ0v) is 14.8. The van der Waals surface area contributed by atoms with Crippen molar-refractivity contribution in [3.05, 3.63) is 29.8 Å². The average Bonchev–Trinajstić information content (AvgIpc) is 2.62. The third-order valence-corrected chi connectivity index (χ3v) is 4.97. The minimum absolute atomic E-state index is 0.218. The van der Waals surface area contributed by atoms with Gasteiger partial charge in [0.2, 0.25) is 5.91 Å². The first kappa shape index (κ1) is 20.5. The Bertz CT molecular complexity index is 508. The first-order valence-corrected chi connectivity index (χ1v) is 9.11. The molecule has 1 atom stereocenters. The van der Waals surface area contributed by atoms with Crippen LogP contribution >= 0.6 is 11.8 Å². The fraction of sp³-hybridized carbons (Fsp3) is 0.529. The summed E-state index contributed by atoms with van der Waals surface area (Å²) in [5.41, 5.74) is 4.34. The molecule has 0 aromatic heterocycles. The maximum absolute atomic E-state index is 11.8. The Labute approximate surface area is 146 Å². The van der Waals surface area contributed by atoms with E-state index >= 15 is 0 Å². The molecule has 24 heavy (non-hydrogen) atoms. The molecule has 2 amide bonds. The van der Waals surface area contributed by atoms with Crippen LogP contribution < -0.4 is 11.0 Å². The highest BCUT2D eigenvalue weighted by atomic mass is 32.2. The molecule has 6 nitrogen and oxygen atoms in total. The van der Waals surface area contributed by atoms with Crippen LogP contribution in [-0.4, -0.2) is 27.5 Å². The number of hydroxylamine groups is 2. The summed E-state index contributed by atoms with van der Waals surface area (Å²) in [5.74, 6) is -0.791. The molecule has 4 N–H and O–H groups in total. The van der Waals surface area contributed by atoms with Crippen LogP contribution in [0.2, 0.25) is 0 Å². The third-order valence-electron chi connectivity index (χ3n) is 3.69.